The summed E-state index contributed by atoms with van der Waals surface area (Å²) in [5.41, 5.74) is 0.152. The molecule has 0 aliphatic heterocycles. The SMILES string of the molecule is Cc1oc(CN(C)C(=O)CC(C)CC(C)C)cc1C(=O)O. The summed E-state index contributed by atoms with van der Waals surface area (Å²) in [7, 11) is 1.71. The molecule has 0 aliphatic rings. The van der Waals surface area contributed by atoms with E-state index in [2.05, 4.69) is 20.8 Å². The first kappa shape index (κ1) is 17.3. The molecule has 1 unspecified atom stereocenters. The molecule has 0 aliphatic carbocycles. The summed E-state index contributed by atoms with van der Waals surface area (Å²) >= 11 is 0. The van der Waals surface area contributed by atoms with Crippen molar-refractivity contribution in [1.82, 2.24) is 4.90 Å². The third-order valence-corrected chi connectivity index (χ3v) is 3.41. The highest BCUT2D eigenvalue weighted by atomic mass is 16.4. The molecule has 0 radical (unpaired) electrons. The summed E-state index contributed by atoms with van der Waals surface area (Å²) in [6.45, 7) is 8.26. The minimum Gasteiger partial charge on any atom is -0.478 e. The topological polar surface area (TPSA) is 70.8 Å². The number of carboxylic acid groups (broad SMARTS) is 1. The fourth-order valence-corrected chi connectivity index (χ4v) is 2.50. The van der Waals surface area contributed by atoms with E-state index in [0.717, 1.165) is 6.42 Å². The van der Waals surface area contributed by atoms with Gasteiger partial charge in [-0.15, -0.1) is 0 Å². The van der Waals surface area contributed by atoms with E-state index in [-0.39, 0.29) is 11.5 Å². The van der Waals surface area contributed by atoms with Crippen molar-refractivity contribution in [2.45, 2.75) is 47.1 Å². The second kappa shape index (κ2) is 7.29. The number of aryl methyl sites for hydroxylation is 1. The lowest BCUT2D eigenvalue weighted by Gasteiger charge is -2.19. The number of nitrogens with zero attached hydrogens (tertiary/aromatic N) is 1. The van der Waals surface area contributed by atoms with E-state index in [1.165, 1.54) is 6.07 Å². The predicted molar refractivity (Wildman–Crippen MR) is 80.1 cm³/mol. The highest BCUT2D eigenvalue weighted by Crippen LogP contribution is 2.18. The second-order valence-electron chi connectivity index (χ2n) is 6.18. The number of carbonyl (C=O) groups excluding carboxylic acids is 1. The van der Waals surface area contributed by atoms with Gasteiger partial charge in [0.05, 0.1) is 6.54 Å². The van der Waals surface area contributed by atoms with Gasteiger partial charge in [-0.1, -0.05) is 20.8 Å². The Kier molecular flexibility index (Phi) is 6.00. The molecule has 5 heteroatoms. The van der Waals surface area contributed by atoms with E-state index in [4.69, 9.17) is 9.52 Å². The fraction of sp³-hybridized carbons (Fsp3) is 0.625. The summed E-state index contributed by atoms with van der Waals surface area (Å²) in [5, 5.41) is 8.98. The van der Waals surface area contributed by atoms with Gasteiger partial charge in [-0.25, -0.2) is 4.79 Å². The zero-order valence-electron chi connectivity index (χ0n) is 13.5. The van der Waals surface area contributed by atoms with Gasteiger partial charge >= 0.3 is 5.97 Å². The van der Waals surface area contributed by atoms with E-state index in [0.29, 0.717) is 36.3 Å². The van der Waals surface area contributed by atoms with Crippen LogP contribution in [-0.2, 0) is 11.3 Å². The van der Waals surface area contributed by atoms with E-state index in [1.54, 1.807) is 18.9 Å². The molecule has 1 N–H and O–H groups in total. The lowest BCUT2D eigenvalue weighted by atomic mass is 9.95. The molecule has 21 heavy (non-hydrogen) atoms. The van der Waals surface area contributed by atoms with Crippen LogP contribution in [0.15, 0.2) is 10.5 Å². The third-order valence-electron chi connectivity index (χ3n) is 3.41. The average Bonchev–Trinajstić information content (AvgIpc) is 2.68. The van der Waals surface area contributed by atoms with Crippen LogP contribution in [0.25, 0.3) is 0 Å². The van der Waals surface area contributed by atoms with Crippen LogP contribution < -0.4 is 0 Å². The van der Waals surface area contributed by atoms with Crippen molar-refractivity contribution in [1.29, 1.82) is 0 Å². The maximum atomic E-state index is 12.1. The first-order valence-electron chi connectivity index (χ1n) is 7.27. The Balaban J connectivity index is 2.60. The van der Waals surface area contributed by atoms with Gasteiger partial charge in [0.2, 0.25) is 5.91 Å². The largest absolute Gasteiger partial charge is 0.478 e. The van der Waals surface area contributed by atoms with Gasteiger partial charge in [-0.2, -0.15) is 0 Å². The number of aromatic carboxylic acids is 1. The fourth-order valence-electron chi connectivity index (χ4n) is 2.50. The molecule has 1 aromatic rings. The van der Waals surface area contributed by atoms with Crippen LogP contribution in [0.3, 0.4) is 0 Å². The van der Waals surface area contributed by atoms with Crippen molar-refractivity contribution in [3.63, 3.8) is 0 Å². The molecule has 0 bridgehead atoms. The molecular weight excluding hydrogens is 270 g/mol. The van der Waals surface area contributed by atoms with Crippen molar-refractivity contribution in [2.75, 3.05) is 7.05 Å². The normalized spacial score (nSPS) is 12.5. The smallest absolute Gasteiger partial charge is 0.339 e. The molecule has 118 valence electrons. The Morgan fingerprint density at radius 1 is 1.33 bits per heavy atom. The number of carboxylic acids is 1. The Morgan fingerprint density at radius 3 is 2.43 bits per heavy atom. The number of hydrogen-bond donors (Lipinski definition) is 1. The molecule has 0 spiro atoms. The van der Waals surface area contributed by atoms with Crippen molar-refractivity contribution >= 4 is 11.9 Å². The van der Waals surface area contributed by atoms with Crippen LogP contribution in [-0.4, -0.2) is 28.9 Å². The summed E-state index contributed by atoms with van der Waals surface area (Å²) < 4.78 is 5.39. The molecular formula is C16H25NO4. The van der Waals surface area contributed by atoms with E-state index in [9.17, 15) is 9.59 Å². The minimum atomic E-state index is -1.01. The number of amides is 1. The van der Waals surface area contributed by atoms with Crippen LogP contribution in [0.1, 0.15) is 55.5 Å². The number of rotatable bonds is 7. The molecule has 1 rings (SSSR count). The Bertz CT molecular complexity index is 504. The Labute approximate surface area is 125 Å². The summed E-state index contributed by atoms with van der Waals surface area (Å²) in [6.07, 6.45) is 1.52. The van der Waals surface area contributed by atoms with Gasteiger partial charge in [-0.05, 0) is 31.2 Å². The maximum Gasteiger partial charge on any atom is 0.339 e. The van der Waals surface area contributed by atoms with Gasteiger partial charge < -0.3 is 14.4 Å². The summed E-state index contributed by atoms with van der Waals surface area (Å²) in [5.74, 6) is 0.816. The van der Waals surface area contributed by atoms with Crippen molar-refractivity contribution < 1.29 is 19.1 Å². The van der Waals surface area contributed by atoms with Crippen LogP contribution in [0.4, 0.5) is 0 Å². The minimum absolute atomic E-state index is 0.0501. The zero-order chi connectivity index (χ0) is 16.2. The molecule has 0 saturated carbocycles. The maximum absolute atomic E-state index is 12.1. The van der Waals surface area contributed by atoms with Crippen molar-refractivity contribution in [2.24, 2.45) is 11.8 Å². The molecule has 1 aromatic heterocycles. The van der Waals surface area contributed by atoms with Crippen LogP contribution >= 0.6 is 0 Å². The quantitative estimate of drug-likeness (QED) is 0.837. The highest BCUT2D eigenvalue weighted by Gasteiger charge is 2.18. The lowest BCUT2D eigenvalue weighted by Crippen LogP contribution is -2.27. The van der Waals surface area contributed by atoms with Gasteiger partial charge in [-0.3, -0.25) is 4.79 Å². The van der Waals surface area contributed by atoms with E-state index < -0.39 is 5.97 Å². The van der Waals surface area contributed by atoms with Gasteiger partial charge in [0.15, 0.2) is 0 Å². The van der Waals surface area contributed by atoms with Crippen LogP contribution in [0.2, 0.25) is 0 Å². The molecule has 1 heterocycles. The molecule has 0 saturated heterocycles. The number of hydrogen-bond acceptors (Lipinski definition) is 3. The standard InChI is InChI=1S/C16H25NO4/c1-10(2)6-11(3)7-15(18)17(5)9-13-8-14(16(19)20)12(4)21-13/h8,10-11H,6-7,9H2,1-5H3,(H,19,20). The zero-order valence-corrected chi connectivity index (χ0v) is 13.5. The van der Waals surface area contributed by atoms with Gasteiger partial charge in [0.1, 0.15) is 17.1 Å². The van der Waals surface area contributed by atoms with E-state index >= 15 is 0 Å². The van der Waals surface area contributed by atoms with E-state index in [1.807, 2.05) is 0 Å². The first-order chi connectivity index (χ1) is 9.70. The van der Waals surface area contributed by atoms with Crippen molar-refractivity contribution in [3.05, 3.63) is 23.2 Å². The van der Waals surface area contributed by atoms with Crippen LogP contribution in [0, 0.1) is 18.8 Å². The second-order valence-corrected chi connectivity index (χ2v) is 6.18. The first-order valence-corrected chi connectivity index (χ1v) is 7.27. The van der Waals surface area contributed by atoms with Crippen LogP contribution in [0.5, 0.6) is 0 Å². The molecule has 5 nitrogen and oxygen atoms in total. The van der Waals surface area contributed by atoms with Crippen molar-refractivity contribution in [3.8, 4) is 0 Å². The predicted octanol–water partition coefficient (Wildman–Crippen LogP) is 3.32. The molecule has 1 amide bonds. The Hall–Kier alpha value is -1.78. The molecule has 0 aromatic carbocycles. The number of carbonyl (C=O) groups is 2. The highest BCUT2D eigenvalue weighted by molar-refractivity contribution is 5.88. The average molecular weight is 295 g/mol. The molecule has 1 atom stereocenters. The molecule has 0 fully saturated rings. The summed E-state index contributed by atoms with van der Waals surface area (Å²) in [4.78, 5) is 24.7. The van der Waals surface area contributed by atoms with Gasteiger partial charge in [0, 0.05) is 13.5 Å². The Morgan fingerprint density at radius 2 is 1.95 bits per heavy atom. The van der Waals surface area contributed by atoms with Gasteiger partial charge in [0.25, 0.3) is 0 Å². The lowest BCUT2D eigenvalue weighted by molar-refractivity contribution is -0.131. The summed E-state index contributed by atoms with van der Waals surface area (Å²) in [6, 6.07) is 1.49. The number of furan rings is 1. The monoisotopic (exact) mass is 295 g/mol. The third kappa shape index (κ3) is 5.25.